The summed E-state index contributed by atoms with van der Waals surface area (Å²) in [6, 6.07) is 7.81. The summed E-state index contributed by atoms with van der Waals surface area (Å²) < 4.78 is 39.5. The molecule has 0 aliphatic carbocycles. The topological polar surface area (TPSA) is 97.1 Å². The molecule has 0 unspecified atom stereocenters. The third-order valence-corrected chi connectivity index (χ3v) is 4.10. The van der Waals surface area contributed by atoms with Crippen LogP contribution >= 0.6 is 11.6 Å². The second kappa shape index (κ2) is 7.55. The van der Waals surface area contributed by atoms with Crippen LogP contribution in [0.15, 0.2) is 42.6 Å². The quantitative estimate of drug-likeness (QED) is 0.654. The lowest BCUT2D eigenvalue weighted by atomic mass is 10.1. The van der Waals surface area contributed by atoms with Crippen LogP contribution in [0, 0.1) is 6.92 Å². The number of aryl methyl sites for hydroxylation is 1. The Morgan fingerprint density at radius 2 is 1.90 bits per heavy atom. The fraction of sp³-hybridized carbons (Fsp3) is 0.111. The number of alkyl halides is 3. The fourth-order valence-electron chi connectivity index (χ4n) is 2.53. The van der Waals surface area contributed by atoms with Crippen LogP contribution in [-0.4, -0.2) is 31.7 Å². The van der Waals surface area contributed by atoms with Crippen LogP contribution in [0.1, 0.15) is 32.1 Å². The van der Waals surface area contributed by atoms with Gasteiger partial charge in [0.1, 0.15) is 5.69 Å². The van der Waals surface area contributed by atoms with Gasteiger partial charge in [-0.2, -0.15) is 18.3 Å². The molecule has 2 N–H and O–H groups in total. The van der Waals surface area contributed by atoms with Crippen molar-refractivity contribution in [3.8, 4) is 5.82 Å². The predicted octanol–water partition coefficient (Wildman–Crippen LogP) is 4.20. The summed E-state index contributed by atoms with van der Waals surface area (Å²) >= 11 is 5.95. The van der Waals surface area contributed by atoms with Gasteiger partial charge in [0.05, 0.1) is 27.5 Å². The molecule has 0 saturated heterocycles. The first-order chi connectivity index (χ1) is 13.6. The molecule has 3 rings (SSSR count). The minimum absolute atomic E-state index is 0.0434. The maximum Gasteiger partial charge on any atom is 0.417 e. The van der Waals surface area contributed by atoms with E-state index in [2.05, 4.69) is 15.4 Å². The Bertz CT molecular complexity index is 1110. The molecule has 0 saturated carbocycles. The third kappa shape index (κ3) is 4.21. The number of hydrogen-bond donors (Lipinski definition) is 2. The maximum absolute atomic E-state index is 12.8. The number of nitrogens with zero attached hydrogens (tertiary/aromatic N) is 3. The monoisotopic (exact) mass is 424 g/mol. The number of aromatic carboxylic acids is 1. The second-order valence-electron chi connectivity index (χ2n) is 5.91. The molecule has 1 aromatic carbocycles. The Morgan fingerprint density at radius 3 is 2.52 bits per heavy atom. The van der Waals surface area contributed by atoms with Crippen molar-refractivity contribution >= 4 is 29.2 Å². The number of carboxylic acid groups (broad SMARTS) is 1. The zero-order valence-corrected chi connectivity index (χ0v) is 15.4. The number of rotatable bonds is 4. The number of carboxylic acids is 1. The van der Waals surface area contributed by atoms with Crippen molar-refractivity contribution in [1.82, 2.24) is 14.8 Å². The van der Waals surface area contributed by atoms with Gasteiger partial charge < -0.3 is 10.4 Å². The molecule has 0 atom stereocenters. The summed E-state index contributed by atoms with van der Waals surface area (Å²) in [5.41, 5.74) is -0.844. The number of nitrogens with one attached hydrogen (secondary N) is 1. The van der Waals surface area contributed by atoms with E-state index in [4.69, 9.17) is 11.6 Å². The van der Waals surface area contributed by atoms with E-state index in [1.54, 1.807) is 13.0 Å². The first kappa shape index (κ1) is 20.3. The van der Waals surface area contributed by atoms with Gasteiger partial charge in [0.15, 0.2) is 5.82 Å². The fourth-order valence-corrected chi connectivity index (χ4v) is 2.78. The first-order valence-electron chi connectivity index (χ1n) is 8.01. The zero-order valence-electron chi connectivity index (χ0n) is 14.7. The van der Waals surface area contributed by atoms with E-state index in [-0.39, 0.29) is 27.8 Å². The maximum atomic E-state index is 12.8. The Hall–Kier alpha value is -3.40. The van der Waals surface area contributed by atoms with E-state index >= 15 is 0 Å². The predicted molar refractivity (Wildman–Crippen MR) is 97.5 cm³/mol. The molecule has 11 heteroatoms. The first-order valence-corrected chi connectivity index (χ1v) is 8.39. The van der Waals surface area contributed by atoms with Crippen LogP contribution in [-0.2, 0) is 6.18 Å². The van der Waals surface area contributed by atoms with Gasteiger partial charge in [0, 0.05) is 6.20 Å². The average Bonchev–Trinajstić information content (AvgIpc) is 3.02. The van der Waals surface area contributed by atoms with Crippen molar-refractivity contribution in [1.29, 1.82) is 0 Å². The molecule has 7 nitrogen and oxygen atoms in total. The van der Waals surface area contributed by atoms with Crippen molar-refractivity contribution < 1.29 is 27.9 Å². The molecule has 0 aliphatic heterocycles. The number of pyridine rings is 1. The van der Waals surface area contributed by atoms with E-state index in [9.17, 15) is 27.9 Å². The standard InChI is InChI=1S/C18H12ClF3N4O3/c1-9-6-14(16(27)24-13-5-3-2-4-11(13)17(28)29)26(25-9)15-12(19)7-10(8-23-15)18(20,21)22/h2-8H,1H3,(H,24,27)(H,28,29). The largest absolute Gasteiger partial charge is 0.478 e. The summed E-state index contributed by atoms with van der Waals surface area (Å²) in [4.78, 5) is 27.7. The lowest BCUT2D eigenvalue weighted by Gasteiger charge is -2.12. The highest BCUT2D eigenvalue weighted by molar-refractivity contribution is 6.32. The van der Waals surface area contributed by atoms with Crippen LogP contribution in [0.2, 0.25) is 5.02 Å². The molecule has 0 bridgehead atoms. The Balaban J connectivity index is 2.00. The van der Waals surface area contributed by atoms with Crippen molar-refractivity contribution in [3.05, 3.63) is 70.1 Å². The van der Waals surface area contributed by atoms with E-state index in [1.807, 2.05) is 0 Å². The molecule has 0 aliphatic rings. The molecule has 3 aromatic rings. The zero-order chi connectivity index (χ0) is 21.3. The number of amides is 1. The summed E-state index contributed by atoms with van der Waals surface area (Å²) in [6.45, 7) is 1.57. The Kier molecular flexibility index (Phi) is 5.29. The number of carbonyl (C=O) groups excluding carboxylic acids is 1. The minimum atomic E-state index is -4.63. The van der Waals surface area contributed by atoms with Gasteiger partial charge in [-0.15, -0.1) is 0 Å². The summed E-state index contributed by atoms with van der Waals surface area (Å²) in [7, 11) is 0. The van der Waals surface area contributed by atoms with Crippen molar-refractivity contribution in [2.45, 2.75) is 13.1 Å². The summed E-state index contributed by atoms with van der Waals surface area (Å²) in [5, 5.41) is 15.4. The van der Waals surface area contributed by atoms with Gasteiger partial charge >= 0.3 is 12.1 Å². The van der Waals surface area contributed by atoms with Crippen LogP contribution in [0.4, 0.5) is 18.9 Å². The SMILES string of the molecule is Cc1cc(C(=O)Nc2ccccc2C(=O)O)n(-c2ncc(C(F)(F)F)cc2Cl)n1. The lowest BCUT2D eigenvalue weighted by Crippen LogP contribution is -2.19. The van der Waals surface area contributed by atoms with Crippen LogP contribution in [0.3, 0.4) is 0 Å². The third-order valence-electron chi connectivity index (χ3n) is 3.82. The summed E-state index contributed by atoms with van der Waals surface area (Å²) in [6.07, 6.45) is -4.05. The van der Waals surface area contributed by atoms with E-state index in [0.717, 1.165) is 4.68 Å². The van der Waals surface area contributed by atoms with Crippen molar-refractivity contribution in [2.24, 2.45) is 0 Å². The molecule has 150 valence electrons. The molecule has 0 fully saturated rings. The van der Waals surface area contributed by atoms with Crippen LogP contribution < -0.4 is 5.32 Å². The van der Waals surface area contributed by atoms with Gasteiger partial charge in [0.2, 0.25) is 0 Å². The van der Waals surface area contributed by atoms with E-state index in [1.165, 1.54) is 24.3 Å². The highest BCUT2D eigenvalue weighted by atomic mass is 35.5. The molecular formula is C18H12ClF3N4O3. The minimum Gasteiger partial charge on any atom is -0.478 e. The number of anilines is 1. The molecule has 29 heavy (non-hydrogen) atoms. The molecule has 0 radical (unpaired) electrons. The van der Waals surface area contributed by atoms with Crippen LogP contribution in [0.25, 0.3) is 5.82 Å². The molecule has 0 spiro atoms. The average molecular weight is 425 g/mol. The molecular weight excluding hydrogens is 413 g/mol. The normalized spacial score (nSPS) is 11.3. The van der Waals surface area contributed by atoms with Crippen molar-refractivity contribution in [3.63, 3.8) is 0 Å². The van der Waals surface area contributed by atoms with E-state index in [0.29, 0.717) is 18.0 Å². The van der Waals surface area contributed by atoms with Gasteiger partial charge in [-0.1, -0.05) is 23.7 Å². The molecule has 2 heterocycles. The van der Waals surface area contributed by atoms with Crippen LogP contribution in [0.5, 0.6) is 0 Å². The van der Waals surface area contributed by atoms with Gasteiger partial charge in [-0.25, -0.2) is 14.5 Å². The number of hydrogen-bond acceptors (Lipinski definition) is 4. The second-order valence-corrected chi connectivity index (χ2v) is 6.32. The van der Waals surface area contributed by atoms with Gasteiger partial charge in [0.25, 0.3) is 5.91 Å². The Labute approximate surface area is 166 Å². The van der Waals surface area contributed by atoms with E-state index < -0.39 is 23.6 Å². The molecule has 1 amide bonds. The highest BCUT2D eigenvalue weighted by Crippen LogP contribution is 2.32. The number of halogens is 4. The number of aromatic nitrogens is 3. The van der Waals surface area contributed by atoms with Crippen molar-refractivity contribution in [2.75, 3.05) is 5.32 Å². The smallest absolute Gasteiger partial charge is 0.417 e. The number of carbonyl (C=O) groups is 2. The lowest BCUT2D eigenvalue weighted by molar-refractivity contribution is -0.137. The molecule has 2 aromatic heterocycles. The Morgan fingerprint density at radius 1 is 1.21 bits per heavy atom. The van der Waals surface area contributed by atoms with Gasteiger partial charge in [-0.3, -0.25) is 4.79 Å². The number of benzene rings is 1. The van der Waals surface area contributed by atoms with Gasteiger partial charge in [-0.05, 0) is 31.2 Å². The number of para-hydroxylation sites is 1. The summed E-state index contributed by atoms with van der Waals surface area (Å²) in [5.74, 6) is -2.15. The highest BCUT2D eigenvalue weighted by Gasteiger charge is 2.32.